The minimum absolute atomic E-state index is 0.281. The van der Waals surface area contributed by atoms with Gasteiger partial charge in [-0.2, -0.15) is 0 Å². The van der Waals surface area contributed by atoms with E-state index in [1.807, 2.05) is 60.7 Å². The lowest BCUT2D eigenvalue weighted by Gasteiger charge is -2.41. The fraction of sp³-hybridized carbons (Fsp3) is 0.400. The number of rotatable bonds is 6. The molecule has 5 heteroatoms. The van der Waals surface area contributed by atoms with Crippen LogP contribution in [0.5, 0.6) is 0 Å². The van der Waals surface area contributed by atoms with Crippen LogP contribution in [0.3, 0.4) is 0 Å². The standard InChI is InChI=1S/C20H24O5/c1-14-18(23-12-15-8-4-2-5-9-15)17(21)19(20(22)25-14)24-13-16-10-6-3-7-11-16/h2-11,14,17-22H,12-13H2,1H3/t14-,17+,18+,19-,20?/m0/s1. The third kappa shape index (κ3) is 4.66. The predicted octanol–water partition coefficient (Wildman–Crippen LogP) is 2.26. The second kappa shape index (κ2) is 8.56. The quantitative estimate of drug-likeness (QED) is 0.841. The van der Waals surface area contributed by atoms with Crippen LogP contribution in [-0.4, -0.2) is 40.9 Å². The second-order valence-corrected chi connectivity index (χ2v) is 6.24. The largest absolute Gasteiger partial charge is 0.387 e. The van der Waals surface area contributed by atoms with Gasteiger partial charge in [0.1, 0.15) is 18.3 Å². The summed E-state index contributed by atoms with van der Waals surface area (Å²) in [6.07, 6.45) is -4.05. The molecular formula is C20H24O5. The zero-order valence-corrected chi connectivity index (χ0v) is 14.2. The zero-order chi connectivity index (χ0) is 17.6. The van der Waals surface area contributed by atoms with E-state index >= 15 is 0 Å². The average Bonchev–Trinajstić information content (AvgIpc) is 2.63. The van der Waals surface area contributed by atoms with E-state index in [-0.39, 0.29) is 6.61 Å². The summed E-state index contributed by atoms with van der Waals surface area (Å²) >= 11 is 0. The van der Waals surface area contributed by atoms with E-state index in [9.17, 15) is 10.2 Å². The Labute approximate surface area is 147 Å². The maximum absolute atomic E-state index is 10.6. The molecule has 0 saturated carbocycles. The molecule has 0 bridgehead atoms. The predicted molar refractivity (Wildman–Crippen MR) is 92.6 cm³/mol. The topological polar surface area (TPSA) is 68.2 Å². The lowest BCUT2D eigenvalue weighted by Crippen LogP contribution is -2.58. The van der Waals surface area contributed by atoms with E-state index in [0.717, 1.165) is 11.1 Å². The molecule has 1 unspecified atom stereocenters. The molecule has 3 rings (SSSR count). The first-order valence-corrected chi connectivity index (χ1v) is 8.48. The van der Waals surface area contributed by atoms with Crippen LogP contribution in [0.2, 0.25) is 0 Å². The van der Waals surface area contributed by atoms with Gasteiger partial charge in [-0.15, -0.1) is 0 Å². The van der Waals surface area contributed by atoms with Crippen molar-refractivity contribution in [1.82, 2.24) is 0 Å². The summed E-state index contributed by atoms with van der Waals surface area (Å²) in [7, 11) is 0. The number of aliphatic hydroxyl groups excluding tert-OH is 2. The fourth-order valence-corrected chi connectivity index (χ4v) is 2.96. The zero-order valence-electron chi connectivity index (χ0n) is 14.2. The van der Waals surface area contributed by atoms with E-state index in [4.69, 9.17) is 14.2 Å². The van der Waals surface area contributed by atoms with Gasteiger partial charge in [0.25, 0.3) is 0 Å². The molecule has 2 N–H and O–H groups in total. The molecule has 0 spiro atoms. The first-order valence-electron chi connectivity index (χ1n) is 8.48. The lowest BCUT2D eigenvalue weighted by atomic mass is 9.99. The van der Waals surface area contributed by atoms with Gasteiger partial charge in [-0.05, 0) is 18.1 Å². The molecule has 2 aromatic carbocycles. The van der Waals surface area contributed by atoms with Crippen molar-refractivity contribution in [3.05, 3.63) is 71.8 Å². The Morgan fingerprint density at radius 2 is 1.28 bits per heavy atom. The molecule has 1 aliphatic heterocycles. The summed E-state index contributed by atoms with van der Waals surface area (Å²) < 4.78 is 17.1. The van der Waals surface area contributed by atoms with E-state index in [1.54, 1.807) is 6.92 Å². The normalized spacial score (nSPS) is 29.5. The number of benzene rings is 2. The van der Waals surface area contributed by atoms with Gasteiger partial charge in [-0.3, -0.25) is 0 Å². The van der Waals surface area contributed by atoms with Crippen molar-refractivity contribution in [2.75, 3.05) is 0 Å². The number of hydrogen-bond donors (Lipinski definition) is 2. The second-order valence-electron chi connectivity index (χ2n) is 6.24. The highest BCUT2D eigenvalue weighted by Crippen LogP contribution is 2.26. The van der Waals surface area contributed by atoms with E-state index in [0.29, 0.717) is 6.61 Å². The molecule has 0 aliphatic carbocycles. The van der Waals surface area contributed by atoms with Crippen molar-refractivity contribution >= 4 is 0 Å². The molecule has 5 atom stereocenters. The molecule has 1 heterocycles. The molecule has 1 saturated heterocycles. The summed E-state index contributed by atoms with van der Waals surface area (Å²) in [4.78, 5) is 0. The average molecular weight is 344 g/mol. The molecule has 25 heavy (non-hydrogen) atoms. The fourth-order valence-electron chi connectivity index (χ4n) is 2.96. The molecule has 5 nitrogen and oxygen atoms in total. The first kappa shape index (κ1) is 18.0. The maximum atomic E-state index is 10.6. The van der Waals surface area contributed by atoms with Crippen LogP contribution in [0.25, 0.3) is 0 Å². The molecule has 134 valence electrons. The molecular weight excluding hydrogens is 320 g/mol. The van der Waals surface area contributed by atoms with Crippen LogP contribution in [0.4, 0.5) is 0 Å². The Morgan fingerprint density at radius 3 is 1.80 bits per heavy atom. The Bertz CT molecular complexity index is 578. The Morgan fingerprint density at radius 1 is 0.800 bits per heavy atom. The van der Waals surface area contributed by atoms with Gasteiger partial charge in [-0.1, -0.05) is 60.7 Å². The highest BCUT2D eigenvalue weighted by atomic mass is 16.7. The van der Waals surface area contributed by atoms with Crippen LogP contribution in [0, 0.1) is 0 Å². The maximum Gasteiger partial charge on any atom is 0.184 e. The van der Waals surface area contributed by atoms with E-state index in [1.165, 1.54) is 0 Å². The highest BCUT2D eigenvalue weighted by molar-refractivity contribution is 5.14. The number of ether oxygens (including phenoxy) is 3. The van der Waals surface area contributed by atoms with E-state index < -0.39 is 30.7 Å². The van der Waals surface area contributed by atoms with Gasteiger partial charge in [0.2, 0.25) is 0 Å². The highest BCUT2D eigenvalue weighted by Gasteiger charge is 2.44. The van der Waals surface area contributed by atoms with Gasteiger partial charge in [-0.25, -0.2) is 0 Å². The minimum atomic E-state index is -1.19. The van der Waals surface area contributed by atoms with Crippen molar-refractivity contribution in [2.45, 2.75) is 50.8 Å². The Hall–Kier alpha value is -1.76. The van der Waals surface area contributed by atoms with Crippen LogP contribution in [-0.2, 0) is 27.4 Å². The summed E-state index contributed by atoms with van der Waals surface area (Å²) in [5.41, 5.74) is 1.97. The third-order valence-corrected chi connectivity index (χ3v) is 4.34. The monoisotopic (exact) mass is 344 g/mol. The summed E-state index contributed by atoms with van der Waals surface area (Å²) in [6.45, 7) is 2.41. The Balaban J connectivity index is 1.61. The molecule has 0 amide bonds. The van der Waals surface area contributed by atoms with Crippen LogP contribution < -0.4 is 0 Å². The van der Waals surface area contributed by atoms with Crippen molar-refractivity contribution in [3.8, 4) is 0 Å². The van der Waals surface area contributed by atoms with Crippen LogP contribution in [0.1, 0.15) is 18.1 Å². The molecule has 0 radical (unpaired) electrons. The molecule has 0 aromatic heterocycles. The van der Waals surface area contributed by atoms with Crippen molar-refractivity contribution < 1.29 is 24.4 Å². The number of aliphatic hydroxyl groups is 2. The molecule has 1 aliphatic rings. The summed E-state index contributed by atoms with van der Waals surface area (Å²) in [5, 5.41) is 20.8. The smallest absolute Gasteiger partial charge is 0.184 e. The van der Waals surface area contributed by atoms with Gasteiger partial charge in [0.15, 0.2) is 6.29 Å². The Kier molecular flexibility index (Phi) is 6.18. The van der Waals surface area contributed by atoms with Crippen LogP contribution in [0.15, 0.2) is 60.7 Å². The SMILES string of the molecule is C[C@@H]1OC(O)[C@@H](OCc2ccccc2)[C@H](O)[C@@H]1OCc1ccccc1. The van der Waals surface area contributed by atoms with Gasteiger partial charge in [0, 0.05) is 0 Å². The van der Waals surface area contributed by atoms with Crippen molar-refractivity contribution in [1.29, 1.82) is 0 Å². The summed E-state index contributed by atoms with van der Waals surface area (Å²) in [6, 6.07) is 19.3. The first-order chi connectivity index (χ1) is 12.1. The van der Waals surface area contributed by atoms with E-state index in [2.05, 4.69) is 0 Å². The van der Waals surface area contributed by atoms with Crippen molar-refractivity contribution in [3.63, 3.8) is 0 Å². The van der Waals surface area contributed by atoms with Gasteiger partial charge in [0.05, 0.1) is 19.3 Å². The lowest BCUT2D eigenvalue weighted by molar-refractivity contribution is -0.298. The minimum Gasteiger partial charge on any atom is -0.387 e. The molecule has 2 aromatic rings. The molecule has 1 fully saturated rings. The number of hydrogen-bond acceptors (Lipinski definition) is 5. The van der Waals surface area contributed by atoms with Gasteiger partial charge >= 0.3 is 0 Å². The third-order valence-electron chi connectivity index (χ3n) is 4.34. The van der Waals surface area contributed by atoms with Crippen molar-refractivity contribution in [2.24, 2.45) is 0 Å². The summed E-state index contributed by atoms with van der Waals surface area (Å²) in [5.74, 6) is 0. The van der Waals surface area contributed by atoms with Gasteiger partial charge < -0.3 is 24.4 Å². The van der Waals surface area contributed by atoms with Crippen LogP contribution >= 0.6 is 0 Å².